The van der Waals surface area contributed by atoms with E-state index in [-0.39, 0.29) is 17.7 Å². The summed E-state index contributed by atoms with van der Waals surface area (Å²) in [5.74, 6) is 0.271. The summed E-state index contributed by atoms with van der Waals surface area (Å²) in [7, 11) is 1.66. The van der Waals surface area contributed by atoms with Gasteiger partial charge in [0.1, 0.15) is 5.75 Å². The molecule has 37 heavy (non-hydrogen) atoms. The van der Waals surface area contributed by atoms with Crippen molar-refractivity contribution in [3.8, 4) is 5.75 Å². The summed E-state index contributed by atoms with van der Waals surface area (Å²) in [6.07, 6.45) is 4.44. The normalized spacial score (nSPS) is 14.1. The van der Waals surface area contributed by atoms with Gasteiger partial charge in [-0.25, -0.2) is 0 Å². The number of Topliss-reactive ketones (excluding diaryl/α,β-unsaturated/α-hetero) is 1. The molecule has 0 radical (unpaired) electrons. The Hall–Kier alpha value is -3.15. The van der Waals surface area contributed by atoms with Gasteiger partial charge in [-0.1, -0.05) is 71.0 Å². The minimum absolute atomic E-state index is 0.0778. The molecular formula is C31H45NO5. The van der Waals surface area contributed by atoms with Crippen molar-refractivity contribution < 1.29 is 23.9 Å². The summed E-state index contributed by atoms with van der Waals surface area (Å²) in [5.41, 5.74) is 3.14. The number of hydrogen-bond donors (Lipinski definition) is 0. The predicted octanol–water partition coefficient (Wildman–Crippen LogP) is 6.18. The standard InChI is InChI=1S/C17H23NO2.C12H16O3.C2H6/c1-5-17(3,4)15(19)16(20)18-11-14-9-7-6-8-13(14)10-12(18)2;1-14-12-7-5-11(6-8-12)4-2-3-9-15-10-13;1-2/h6-9,12H,5,10-11H2,1-4H3;5-8,10H,2-4,9H2,1H3;1-2H3. The zero-order valence-corrected chi connectivity index (χ0v) is 23.7. The molecule has 0 fully saturated rings. The number of aryl methyl sites for hydroxylation is 1. The van der Waals surface area contributed by atoms with Crippen LogP contribution in [-0.2, 0) is 38.5 Å². The Morgan fingerprint density at radius 1 is 1.03 bits per heavy atom. The number of rotatable bonds is 10. The molecule has 2 aromatic rings. The highest BCUT2D eigenvalue weighted by Gasteiger charge is 2.37. The van der Waals surface area contributed by atoms with Crippen molar-refractivity contribution in [1.29, 1.82) is 0 Å². The molecule has 0 bridgehead atoms. The predicted molar refractivity (Wildman–Crippen MR) is 149 cm³/mol. The van der Waals surface area contributed by atoms with Gasteiger partial charge >= 0.3 is 0 Å². The molecule has 1 heterocycles. The molecule has 0 saturated heterocycles. The number of ketones is 1. The fourth-order valence-corrected chi connectivity index (χ4v) is 3.89. The van der Waals surface area contributed by atoms with Crippen LogP contribution in [0.25, 0.3) is 0 Å². The Labute approximate surface area is 223 Å². The van der Waals surface area contributed by atoms with Crippen molar-refractivity contribution in [3.63, 3.8) is 0 Å². The fraction of sp³-hybridized carbons (Fsp3) is 0.516. The number of ether oxygens (including phenoxy) is 2. The van der Waals surface area contributed by atoms with E-state index in [9.17, 15) is 14.4 Å². The molecule has 1 aliphatic rings. The molecule has 0 aliphatic carbocycles. The number of carbonyl (C=O) groups is 3. The van der Waals surface area contributed by atoms with Crippen molar-refractivity contribution in [2.75, 3.05) is 13.7 Å². The van der Waals surface area contributed by atoms with E-state index < -0.39 is 5.41 Å². The third-order valence-electron chi connectivity index (χ3n) is 6.66. The lowest BCUT2D eigenvalue weighted by atomic mass is 9.84. The highest BCUT2D eigenvalue weighted by molar-refractivity contribution is 6.38. The number of amides is 1. The Morgan fingerprint density at radius 2 is 1.65 bits per heavy atom. The van der Waals surface area contributed by atoms with Crippen LogP contribution in [0.4, 0.5) is 0 Å². The molecule has 6 nitrogen and oxygen atoms in total. The van der Waals surface area contributed by atoms with Crippen LogP contribution in [0.2, 0.25) is 0 Å². The number of carbonyl (C=O) groups excluding carboxylic acids is 3. The van der Waals surface area contributed by atoms with Gasteiger partial charge < -0.3 is 14.4 Å². The van der Waals surface area contributed by atoms with E-state index in [1.54, 1.807) is 12.0 Å². The first-order valence-corrected chi connectivity index (χ1v) is 13.3. The minimum Gasteiger partial charge on any atom is -0.497 e. The van der Waals surface area contributed by atoms with Gasteiger partial charge in [-0.2, -0.15) is 0 Å². The van der Waals surface area contributed by atoms with Gasteiger partial charge in [-0.15, -0.1) is 0 Å². The van der Waals surface area contributed by atoms with Gasteiger partial charge in [0.25, 0.3) is 12.4 Å². The fourth-order valence-electron chi connectivity index (χ4n) is 3.89. The van der Waals surface area contributed by atoms with E-state index in [1.165, 1.54) is 11.1 Å². The molecule has 1 unspecified atom stereocenters. The lowest BCUT2D eigenvalue weighted by Crippen LogP contribution is -2.48. The first-order chi connectivity index (χ1) is 17.7. The second-order valence-electron chi connectivity index (χ2n) is 9.59. The number of hydrogen-bond acceptors (Lipinski definition) is 5. The van der Waals surface area contributed by atoms with E-state index in [1.807, 2.05) is 71.9 Å². The van der Waals surface area contributed by atoms with E-state index in [2.05, 4.69) is 22.9 Å². The lowest BCUT2D eigenvalue weighted by molar-refractivity contribution is -0.151. The zero-order valence-electron chi connectivity index (χ0n) is 23.7. The first-order valence-electron chi connectivity index (χ1n) is 13.3. The summed E-state index contributed by atoms with van der Waals surface area (Å²) >= 11 is 0. The number of fused-ring (bicyclic) bond motifs is 1. The van der Waals surface area contributed by atoms with Crippen molar-refractivity contribution >= 4 is 18.2 Å². The zero-order chi connectivity index (χ0) is 27.8. The SMILES string of the molecule is CC.CCC(C)(C)C(=O)C(=O)N1Cc2ccccc2CC1C.COc1ccc(CCCCOC=O)cc1. The van der Waals surface area contributed by atoms with Crippen LogP contribution in [0.1, 0.15) is 77.5 Å². The summed E-state index contributed by atoms with van der Waals surface area (Å²) in [4.78, 5) is 36.5. The Bertz CT molecular complexity index is 968. The molecule has 0 spiro atoms. The second kappa shape index (κ2) is 16.6. The molecule has 1 atom stereocenters. The highest BCUT2D eigenvalue weighted by atomic mass is 16.5. The number of methoxy groups -OCH3 is 1. The molecule has 1 aliphatic heterocycles. The molecule has 1 amide bonds. The number of benzene rings is 2. The van der Waals surface area contributed by atoms with Crippen molar-refractivity contribution in [1.82, 2.24) is 4.90 Å². The third kappa shape index (κ3) is 10.0. The van der Waals surface area contributed by atoms with E-state index in [0.717, 1.165) is 37.0 Å². The van der Waals surface area contributed by atoms with Crippen LogP contribution in [0.15, 0.2) is 48.5 Å². The quantitative estimate of drug-likeness (QED) is 0.216. The summed E-state index contributed by atoms with van der Waals surface area (Å²) < 4.78 is 9.68. The van der Waals surface area contributed by atoms with Gasteiger partial charge in [0, 0.05) is 18.0 Å². The largest absolute Gasteiger partial charge is 0.497 e. The Morgan fingerprint density at radius 3 is 2.22 bits per heavy atom. The molecule has 204 valence electrons. The average Bonchev–Trinajstić information content (AvgIpc) is 2.93. The number of nitrogens with zero attached hydrogens (tertiary/aromatic N) is 1. The van der Waals surface area contributed by atoms with E-state index in [4.69, 9.17) is 4.74 Å². The van der Waals surface area contributed by atoms with Gasteiger partial charge in [-0.3, -0.25) is 14.4 Å². The van der Waals surface area contributed by atoms with Gasteiger partial charge in [0.15, 0.2) is 0 Å². The van der Waals surface area contributed by atoms with Crippen molar-refractivity contribution in [2.24, 2.45) is 5.41 Å². The molecular weight excluding hydrogens is 466 g/mol. The van der Waals surface area contributed by atoms with Crippen LogP contribution < -0.4 is 4.74 Å². The summed E-state index contributed by atoms with van der Waals surface area (Å²) in [6, 6.07) is 16.2. The lowest BCUT2D eigenvalue weighted by Gasteiger charge is -2.36. The second-order valence-corrected chi connectivity index (χ2v) is 9.59. The minimum atomic E-state index is -0.576. The topological polar surface area (TPSA) is 72.9 Å². The maximum Gasteiger partial charge on any atom is 0.293 e. The van der Waals surface area contributed by atoms with Crippen molar-refractivity contribution in [2.45, 2.75) is 86.2 Å². The van der Waals surface area contributed by atoms with Gasteiger partial charge in [0.2, 0.25) is 5.78 Å². The average molecular weight is 512 g/mol. The van der Waals surface area contributed by atoms with Gasteiger partial charge in [0.05, 0.1) is 13.7 Å². The summed E-state index contributed by atoms with van der Waals surface area (Å²) in [6.45, 7) is 13.2. The Balaban J connectivity index is 0.000000360. The summed E-state index contributed by atoms with van der Waals surface area (Å²) in [5, 5.41) is 0. The number of unbranched alkanes of at least 4 members (excludes halogenated alkanes) is 1. The molecule has 0 aromatic heterocycles. The van der Waals surface area contributed by atoms with Crippen LogP contribution >= 0.6 is 0 Å². The monoisotopic (exact) mass is 511 g/mol. The van der Waals surface area contributed by atoms with Crippen LogP contribution in [0.5, 0.6) is 5.75 Å². The van der Waals surface area contributed by atoms with Crippen LogP contribution in [0, 0.1) is 5.41 Å². The Kier molecular flexibility index (Phi) is 14.3. The van der Waals surface area contributed by atoms with Crippen LogP contribution in [-0.4, -0.2) is 42.8 Å². The maximum absolute atomic E-state index is 12.5. The van der Waals surface area contributed by atoms with Crippen molar-refractivity contribution in [3.05, 3.63) is 65.2 Å². The van der Waals surface area contributed by atoms with E-state index in [0.29, 0.717) is 26.0 Å². The highest BCUT2D eigenvalue weighted by Crippen LogP contribution is 2.27. The van der Waals surface area contributed by atoms with E-state index >= 15 is 0 Å². The maximum atomic E-state index is 12.5. The molecule has 0 saturated carbocycles. The molecule has 2 aromatic carbocycles. The third-order valence-corrected chi connectivity index (χ3v) is 6.66. The van der Waals surface area contributed by atoms with Crippen LogP contribution in [0.3, 0.4) is 0 Å². The smallest absolute Gasteiger partial charge is 0.293 e. The van der Waals surface area contributed by atoms with Gasteiger partial charge in [-0.05, 0) is 67.9 Å². The molecule has 3 rings (SSSR count). The molecule has 0 N–H and O–H groups in total. The first kappa shape index (κ1) is 31.9. The molecule has 6 heteroatoms.